The van der Waals surface area contributed by atoms with Gasteiger partial charge < -0.3 is 0 Å². The number of hydrogen-bond donors (Lipinski definition) is 0. The zero-order valence-corrected chi connectivity index (χ0v) is 8.98. The van der Waals surface area contributed by atoms with Crippen LogP contribution >= 0.6 is 0 Å². The summed E-state index contributed by atoms with van der Waals surface area (Å²) in [7, 11) is 0. The predicted molar refractivity (Wildman–Crippen MR) is 61.5 cm³/mol. The third-order valence-electron chi connectivity index (χ3n) is 0.697. The maximum absolute atomic E-state index is 3.56. The van der Waals surface area contributed by atoms with Crippen molar-refractivity contribution in [3.8, 4) is 0 Å². The Morgan fingerprint density at radius 3 is 0.917 bits per heavy atom. The van der Waals surface area contributed by atoms with Crippen LogP contribution in [0.1, 0.15) is 13.8 Å². The van der Waals surface area contributed by atoms with E-state index in [1.54, 1.807) is 12.2 Å². The van der Waals surface area contributed by atoms with Gasteiger partial charge in [-0.05, 0) is 13.8 Å². The quantitative estimate of drug-likeness (QED) is 0.419. The van der Waals surface area contributed by atoms with Crippen LogP contribution in [-0.2, 0) is 0 Å². The Morgan fingerprint density at radius 2 is 0.917 bits per heavy atom. The van der Waals surface area contributed by atoms with E-state index in [1.165, 1.54) is 0 Å². The zero-order valence-electron chi connectivity index (χ0n) is 8.98. The fourth-order valence-corrected chi connectivity index (χ4v) is 0. The van der Waals surface area contributed by atoms with Crippen LogP contribution in [0.5, 0.6) is 0 Å². The summed E-state index contributed by atoms with van der Waals surface area (Å²) in [5.74, 6) is 0. The number of rotatable bonds is 2. The topological polar surface area (TPSA) is 0 Å². The molecule has 0 fully saturated rings. The fraction of sp³-hybridized carbons (Fsp3) is 0.200. The molecule has 0 spiro atoms. The Balaban J connectivity index is -0.0000000457. The van der Waals surface area contributed by atoms with Gasteiger partial charge in [0.2, 0.25) is 0 Å². The molecule has 0 aromatic rings. The molecule has 0 bridgehead atoms. The third kappa shape index (κ3) is 49.3. The van der Waals surface area contributed by atoms with Gasteiger partial charge in [-0.1, -0.05) is 49.6 Å². The second kappa shape index (κ2) is 17.3. The van der Waals surface area contributed by atoms with Crippen molar-refractivity contribution in [3.05, 3.63) is 49.6 Å². The third-order valence-corrected chi connectivity index (χ3v) is 0.697. The molecule has 0 rings (SSSR count). The summed E-state index contributed by atoms with van der Waals surface area (Å²) >= 11 is 0. The van der Waals surface area contributed by atoms with Crippen LogP contribution in [0, 0.1) is 0 Å². The Labute approximate surface area is 101 Å². The van der Waals surface area contributed by atoms with Crippen molar-refractivity contribution in [2.75, 3.05) is 0 Å². The molecular formula is C10H16Li2. The molecule has 2 radical (unpaired) electrons. The van der Waals surface area contributed by atoms with Gasteiger partial charge in [0.25, 0.3) is 0 Å². The minimum absolute atomic E-state index is 0. The number of allylic oxidation sites excluding steroid dienone is 4. The van der Waals surface area contributed by atoms with Gasteiger partial charge >= 0.3 is 0 Å². The summed E-state index contributed by atoms with van der Waals surface area (Å²) in [5.41, 5.74) is 2.04. The summed E-state index contributed by atoms with van der Waals surface area (Å²) in [6.45, 7) is 17.9. The summed E-state index contributed by atoms with van der Waals surface area (Å²) in [6.07, 6.45) is 3.44. The van der Waals surface area contributed by atoms with Gasteiger partial charge in [0.05, 0.1) is 0 Å². The van der Waals surface area contributed by atoms with Gasteiger partial charge in [-0.2, -0.15) is 0 Å². The van der Waals surface area contributed by atoms with Crippen LogP contribution in [0.15, 0.2) is 49.6 Å². The first-order valence-corrected chi connectivity index (χ1v) is 3.10. The van der Waals surface area contributed by atoms with Crippen molar-refractivity contribution in [2.45, 2.75) is 13.8 Å². The van der Waals surface area contributed by atoms with Crippen molar-refractivity contribution < 1.29 is 0 Å². The Morgan fingerprint density at radius 1 is 0.833 bits per heavy atom. The van der Waals surface area contributed by atoms with Crippen LogP contribution in [-0.4, -0.2) is 37.7 Å². The fourth-order valence-electron chi connectivity index (χ4n) is 0. The molecular weight excluding hydrogens is 134 g/mol. The average Bonchev–Trinajstić information content (AvgIpc) is 1.89. The van der Waals surface area contributed by atoms with E-state index in [-0.39, 0.29) is 37.7 Å². The van der Waals surface area contributed by atoms with Crippen LogP contribution in [0.4, 0.5) is 0 Å². The first-order chi connectivity index (χ1) is 4.54. The van der Waals surface area contributed by atoms with Crippen LogP contribution in [0.2, 0.25) is 0 Å². The molecule has 0 atom stereocenters. The molecule has 0 heterocycles. The largest absolute Gasteiger partial charge is 0.0988 e. The van der Waals surface area contributed by atoms with Gasteiger partial charge in [0.1, 0.15) is 0 Å². The first kappa shape index (κ1) is 22.7. The summed E-state index contributed by atoms with van der Waals surface area (Å²) in [5, 5.41) is 0. The maximum Gasteiger partial charge on any atom is 0 e. The minimum atomic E-state index is 0. The van der Waals surface area contributed by atoms with Gasteiger partial charge in [-0.15, -0.1) is 0 Å². The van der Waals surface area contributed by atoms with Gasteiger partial charge in [-0.3, -0.25) is 0 Å². The molecule has 58 valence electrons. The molecule has 0 amide bonds. The summed E-state index contributed by atoms with van der Waals surface area (Å²) in [4.78, 5) is 0. The smallest absolute Gasteiger partial charge is 0 e. The Bertz CT molecular complexity index is 128. The van der Waals surface area contributed by atoms with Crippen molar-refractivity contribution >= 4 is 37.7 Å². The van der Waals surface area contributed by atoms with Crippen molar-refractivity contribution in [1.82, 2.24) is 0 Å². The molecule has 0 unspecified atom stereocenters. The molecule has 0 saturated carbocycles. The van der Waals surface area contributed by atoms with E-state index >= 15 is 0 Å². The number of hydrogen-bond acceptors (Lipinski definition) is 0. The van der Waals surface area contributed by atoms with Gasteiger partial charge in [0, 0.05) is 37.7 Å². The van der Waals surface area contributed by atoms with E-state index in [2.05, 4.69) is 26.3 Å². The average molecular weight is 150 g/mol. The standard InChI is InChI=1S/2C5H8.2Li/c2*1-4-5(2)3;;/h2*4H,1-2H2,3H3;;. The van der Waals surface area contributed by atoms with Crippen molar-refractivity contribution in [1.29, 1.82) is 0 Å². The Hall–Kier alpha value is 0.155. The molecule has 0 aliphatic rings. The zero-order chi connectivity index (χ0) is 8.57. The van der Waals surface area contributed by atoms with E-state index < -0.39 is 0 Å². The van der Waals surface area contributed by atoms with Gasteiger partial charge in [-0.25, -0.2) is 0 Å². The second-order valence-corrected chi connectivity index (χ2v) is 2.10. The van der Waals surface area contributed by atoms with E-state index in [1.807, 2.05) is 13.8 Å². The summed E-state index contributed by atoms with van der Waals surface area (Å²) in [6, 6.07) is 0. The summed E-state index contributed by atoms with van der Waals surface area (Å²) < 4.78 is 0. The minimum Gasteiger partial charge on any atom is -0.0988 e. The molecule has 0 nitrogen and oxygen atoms in total. The van der Waals surface area contributed by atoms with Crippen LogP contribution in [0.3, 0.4) is 0 Å². The van der Waals surface area contributed by atoms with E-state index in [4.69, 9.17) is 0 Å². The molecule has 0 aliphatic carbocycles. The van der Waals surface area contributed by atoms with E-state index in [0.717, 1.165) is 11.1 Å². The molecule has 0 aliphatic heterocycles. The second-order valence-electron chi connectivity index (χ2n) is 2.10. The normalized spacial score (nSPS) is 5.50. The molecule has 2 heteroatoms. The molecule has 0 saturated heterocycles. The van der Waals surface area contributed by atoms with Crippen LogP contribution in [0.25, 0.3) is 0 Å². The predicted octanol–water partition coefficient (Wildman–Crippen LogP) is 2.74. The van der Waals surface area contributed by atoms with Gasteiger partial charge in [0.15, 0.2) is 0 Å². The Kier molecular flexibility index (Phi) is 32.8. The molecule has 12 heavy (non-hydrogen) atoms. The van der Waals surface area contributed by atoms with E-state index in [9.17, 15) is 0 Å². The SMILES string of the molecule is C=CC(=C)C.C=CC(=C)C.[Li].[Li]. The molecule has 0 aromatic heterocycles. The van der Waals surface area contributed by atoms with Crippen molar-refractivity contribution in [2.24, 2.45) is 0 Å². The monoisotopic (exact) mass is 150 g/mol. The molecule has 0 aromatic carbocycles. The molecule has 0 N–H and O–H groups in total. The van der Waals surface area contributed by atoms with Crippen LogP contribution < -0.4 is 0 Å². The maximum atomic E-state index is 3.56. The van der Waals surface area contributed by atoms with E-state index in [0.29, 0.717) is 0 Å². The van der Waals surface area contributed by atoms with Crippen molar-refractivity contribution in [3.63, 3.8) is 0 Å². The first-order valence-electron chi connectivity index (χ1n) is 3.10.